The zero-order chi connectivity index (χ0) is 14.8. The SMILES string of the molecule is CCOC1CC(NS(=O)(=O)c2cc(CN)n(CC)c2)C1. The average Bonchev–Trinajstić information content (AvgIpc) is 2.80. The largest absolute Gasteiger partial charge is 0.378 e. The third-order valence-electron chi connectivity index (χ3n) is 3.64. The van der Waals surface area contributed by atoms with Gasteiger partial charge in [0, 0.05) is 37.6 Å². The summed E-state index contributed by atoms with van der Waals surface area (Å²) in [6, 6.07) is 1.62. The van der Waals surface area contributed by atoms with Gasteiger partial charge in [-0.25, -0.2) is 13.1 Å². The molecule has 1 aliphatic carbocycles. The van der Waals surface area contributed by atoms with Crippen LogP contribution < -0.4 is 10.5 Å². The fourth-order valence-electron chi connectivity index (χ4n) is 2.46. The van der Waals surface area contributed by atoms with Gasteiger partial charge in [0.05, 0.1) is 11.0 Å². The lowest BCUT2D eigenvalue weighted by Gasteiger charge is -2.34. The van der Waals surface area contributed by atoms with Crippen molar-refractivity contribution in [2.45, 2.75) is 56.8 Å². The summed E-state index contributed by atoms with van der Waals surface area (Å²) in [4.78, 5) is 0.291. The number of aryl methyl sites for hydroxylation is 1. The molecule has 1 fully saturated rings. The van der Waals surface area contributed by atoms with E-state index in [1.807, 2.05) is 18.4 Å². The summed E-state index contributed by atoms with van der Waals surface area (Å²) in [6.45, 7) is 5.61. The highest BCUT2D eigenvalue weighted by Crippen LogP contribution is 2.25. The van der Waals surface area contributed by atoms with Gasteiger partial charge in [-0.3, -0.25) is 0 Å². The molecular weight excluding hydrogens is 278 g/mol. The van der Waals surface area contributed by atoms with Gasteiger partial charge in [0.25, 0.3) is 0 Å². The minimum Gasteiger partial charge on any atom is -0.378 e. The van der Waals surface area contributed by atoms with Gasteiger partial charge in [0.2, 0.25) is 10.0 Å². The minimum atomic E-state index is -3.46. The number of hydrogen-bond donors (Lipinski definition) is 2. The van der Waals surface area contributed by atoms with E-state index in [9.17, 15) is 8.42 Å². The van der Waals surface area contributed by atoms with Crippen LogP contribution in [-0.2, 0) is 27.8 Å². The molecule has 1 aromatic heterocycles. The van der Waals surface area contributed by atoms with Crippen LogP contribution in [0, 0.1) is 0 Å². The maximum atomic E-state index is 12.3. The van der Waals surface area contributed by atoms with Crippen molar-refractivity contribution in [3.63, 3.8) is 0 Å². The number of sulfonamides is 1. The second-order valence-electron chi connectivity index (χ2n) is 5.02. The van der Waals surface area contributed by atoms with Crippen molar-refractivity contribution in [1.29, 1.82) is 0 Å². The Morgan fingerprint density at radius 1 is 1.45 bits per heavy atom. The van der Waals surface area contributed by atoms with E-state index < -0.39 is 10.0 Å². The Morgan fingerprint density at radius 3 is 2.65 bits per heavy atom. The molecule has 1 heterocycles. The van der Waals surface area contributed by atoms with Crippen LogP contribution in [-0.4, -0.2) is 31.7 Å². The molecular formula is C13H23N3O3S. The van der Waals surface area contributed by atoms with E-state index in [1.54, 1.807) is 12.3 Å². The van der Waals surface area contributed by atoms with Crippen molar-refractivity contribution in [3.05, 3.63) is 18.0 Å². The van der Waals surface area contributed by atoms with Gasteiger partial charge in [-0.1, -0.05) is 0 Å². The molecule has 2 rings (SSSR count). The molecule has 114 valence electrons. The van der Waals surface area contributed by atoms with E-state index >= 15 is 0 Å². The molecule has 0 spiro atoms. The molecule has 0 saturated heterocycles. The Bertz CT molecular complexity index is 526. The summed E-state index contributed by atoms with van der Waals surface area (Å²) in [5, 5.41) is 0. The van der Waals surface area contributed by atoms with Gasteiger partial charge in [0.1, 0.15) is 0 Å². The van der Waals surface area contributed by atoms with Gasteiger partial charge in [-0.2, -0.15) is 0 Å². The van der Waals surface area contributed by atoms with E-state index in [0.717, 1.165) is 18.5 Å². The highest BCUT2D eigenvalue weighted by Gasteiger charge is 2.33. The second-order valence-corrected chi connectivity index (χ2v) is 6.74. The van der Waals surface area contributed by atoms with E-state index in [0.29, 0.717) is 24.6 Å². The molecule has 0 amide bonds. The third-order valence-corrected chi connectivity index (χ3v) is 5.13. The first-order chi connectivity index (χ1) is 9.50. The Labute approximate surface area is 120 Å². The molecule has 7 heteroatoms. The van der Waals surface area contributed by atoms with Gasteiger partial charge in [-0.15, -0.1) is 0 Å². The molecule has 0 bridgehead atoms. The van der Waals surface area contributed by atoms with Crippen LogP contribution in [0.5, 0.6) is 0 Å². The van der Waals surface area contributed by atoms with Crippen LogP contribution in [0.3, 0.4) is 0 Å². The van der Waals surface area contributed by atoms with E-state index in [-0.39, 0.29) is 12.1 Å². The van der Waals surface area contributed by atoms with Crippen molar-refractivity contribution in [2.75, 3.05) is 6.61 Å². The first kappa shape index (κ1) is 15.5. The van der Waals surface area contributed by atoms with Crippen LogP contribution in [0.4, 0.5) is 0 Å². The summed E-state index contributed by atoms with van der Waals surface area (Å²) in [5.74, 6) is 0. The Morgan fingerprint density at radius 2 is 2.15 bits per heavy atom. The summed E-state index contributed by atoms with van der Waals surface area (Å²) in [7, 11) is -3.46. The van der Waals surface area contributed by atoms with Gasteiger partial charge >= 0.3 is 0 Å². The highest BCUT2D eigenvalue weighted by atomic mass is 32.2. The topological polar surface area (TPSA) is 86.3 Å². The number of ether oxygens (including phenoxy) is 1. The highest BCUT2D eigenvalue weighted by molar-refractivity contribution is 7.89. The van der Waals surface area contributed by atoms with Gasteiger partial charge < -0.3 is 15.0 Å². The van der Waals surface area contributed by atoms with Crippen molar-refractivity contribution in [2.24, 2.45) is 5.73 Å². The van der Waals surface area contributed by atoms with E-state index in [1.165, 1.54) is 0 Å². The zero-order valence-electron chi connectivity index (χ0n) is 12.0. The summed E-state index contributed by atoms with van der Waals surface area (Å²) in [5.41, 5.74) is 6.45. The smallest absolute Gasteiger partial charge is 0.242 e. The molecule has 0 radical (unpaired) electrons. The standard InChI is InChI=1S/C13H23N3O3S/c1-3-16-9-13(7-11(16)8-14)20(17,18)15-10-5-12(6-10)19-4-2/h7,9-10,12,15H,3-6,8,14H2,1-2H3. The maximum absolute atomic E-state index is 12.3. The lowest BCUT2D eigenvalue weighted by atomic mass is 9.90. The summed E-state index contributed by atoms with van der Waals surface area (Å²) < 4.78 is 34.6. The number of hydrogen-bond acceptors (Lipinski definition) is 4. The maximum Gasteiger partial charge on any atom is 0.242 e. The van der Waals surface area contributed by atoms with Crippen molar-refractivity contribution in [1.82, 2.24) is 9.29 Å². The number of nitrogens with zero attached hydrogens (tertiary/aromatic N) is 1. The van der Waals surface area contributed by atoms with Crippen LogP contribution in [0.25, 0.3) is 0 Å². The zero-order valence-corrected chi connectivity index (χ0v) is 12.8. The quantitative estimate of drug-likeness (QED) is 0.780. The molecule has 0 aliphatic heterocycles. The lowest BCUT2D eigenvalue weighted by Crippen LogP contribution is -2.47. The predicted molar refractivity (Wildman–Crippen MR) is 76.8 cm³/mol. The first-order valence-corrected chi connectivity index (χ1v) is 8.51. The van der Waals surface area contributed by atoms with Gasteiger partial charge in [0.15, 0.2) is 0 Å². The number of rotatable bonds is 7. The number of aromatic nitrogens is 1. The molecule has 3 N–H and O–H groups in total. The van der Waals surface area contributed by atoms with Crippen molar-refractivity contribution in [3.8, 4) is 0 Å². The molecule has 0 aromatic carbocycles. The Hall–Kier alpha value is -0.890. The van der Waals surface area contributed by atoms with Crippen LogP contribution >= 0.6 is 0 Å². The molecule has 1 aliphatic rings. The second kappa shape index (κ2) is 6.26. The Balaban J connectivity index is 2.02. The molecule has 6 nitrogen and oxygen atoms in total. The normalized spacial score (nSPS) is 22.8. The summed E-state index contributed by atoms with van der Waals surface area (Å²) in [6.07, 6.45) is 3.31. The lowest BCUT2D eigenvalue weighted by molar-refractivity contribution is -0.00475. The number of nitrogens with one attached hydrogen (secondary N) is 1. The third kappa shape index (κ3) is 3.22. The van der Waals surface area contributed by atoms with Crippen LogP contribution in [0.2, 0.25) is 0 Å². The molecule has 1 saturated carbocycles. The van der Waals surface area contributed by atoms with E-state index in [4.69, 9.17) is 10.5 Å². The number of nitrogens with two attached hydrogens (primary N) is 1. The molecule has 0 atom stereocenters. The van der Waals surface area contributed by atoms with Crippen LogP contribution in [0.1, 0.15) is 32.4 Å². The fourth-order valence-corrected chi connectivity index (χ4v) is 3.78. The van der Waals surface area contributed by atoms with Crippen LogP contribution in [0.15, 0.2) is 17.2 Å². The van der Waals surface area contributed by atoms with Crippen molar-refractivity contribution >= 4 is 10.0 Å². The monoisotopic (exact) mass is 301 g/mol. The minimum absolute atomic E-state index is 0.0251. The predicted octanol–water partition coefficient (Wildman–Crippen LogP) is 0.812. The Kier molecular flexibility index (Phi) is 4.85. The van der Waals surface area contributed by atoms with E-state index in [2.05, 4.69) is 4.72 Å². The molecule has 20 heavy (non-hydrogen) atoms. The first-order valence-electron chi connectivity index (χ1n) is 7.03. The molecule has 0 unspecified atom stereocenters. The van der Waals surface area contributed by atoms with Gasteiger partial charge in [-0.05, 0) is 32.8 Å². The fraction of sp³-hybridized carbons (Fsp3) is 0.692. The summed E-state index contributed by atoms with van der Waals surface area (Å²) >= 11 is 0. The molecule has 1 aromatic rings. The average molecular weight is 301 g/mol. The van der Waals surface area contributed by atoms with Crippen molar-refractivity contribution < 1.29 is 13.2 Å².